The van der Waals surface area contributed by atoms with Crippen LogP contribution in [0.5, 0.6) is 11.5 Å². The molecule has 0 fully saturated rings. The van der Waals surface area contributed by atoms with E-state index in [2.05, 4.69) is 4.72 Å². The Labute approximate surface area is 140 Å². The predicted octanol–water partition coefficient (Wildman–Crippen LogP) is 2.14. The lowest BCUT2D eigenvalue weighted by Gasteiger charge is -2.08. The number of carbonyl (C=O) groups is 1. The average Bonchev–Trinajstić information content (AvgIpc) is 3.02. The number of rotatable bonds is 6. The molecule has 0 unspecified atom stereocenters. The molecule has 1 aliphatic rings. The molecule has 0 bridgehead atoms. The minimum Gasteiger partial charge on any atom is -0.454 e. The second kappa shape index (κ2) is 6.62. The molecule has 0 radical (unpaired) electrons. The van der Waals surface area contributed by atoms with Crippen molar-refractivity contribution in [3.05, 3.63) is 53.6 Å². The molecule has 0 saturated carbocycles. The molecule has 0 atom stereocenters. The van der Waals surface area contributed by atoms with Gasteiger partial charge < -0.3 is 9.47 Å². The molecule has 0 aliphatic carbocycles. The smallest absolute Gasteiger partial charge is 0.240 e. The number of Topliss-reactive ketones (excluding diaryl/α,β-unsaturated/α-hetero) is 1. The van der Waals surface area contributed by atoms with Gasteiger partial charge in [0.1, 0.15) is 0 Å². The van der Waals surface area contributed by atoms with Crippen molar-refractivity contribution in [2.45, 2.75) is 18.2 Å². The first-order valence-corrected chi connectivity index (χ1v) is 8.93. The van der Waals surface area contributed by atoms with Crippen LogP contribution in [-0.4, -0.2) is 27.5 Å². The van der Waals surface area contributed by atoms with E-state index in [-0.39, 0.29) is 24.0 Å². The van der Waals surface area contributed by atoms with E-state index in [0.29, 0.717) is 23.5 Å². The van der Waals surface area contributed by atoms with Gasteiger partial charge >= 0.3 is 0 Å². The van der Waals surface area contributed by atoms with Crippen molar-refractivity contribution in [3.63, 3.8) is 0 Å². The number of carbonyl (C=O) groups excluding carboxylic acids is 1. The van der Waals surface area contributed by atoms with Crippen molar-refractivity contribution in [1.29, 1.82) is 0 Å². The SMILES string of the molecule is CC(=O)c1ccc(S(=O)(=O)NCCc2ccc3c(c2)OCO3)cc1. The molecule has 1 heterocycles. The fraction of sp³-hybridized carbons (Fsp3) is 0.235. The topological polar surface area (TPSA) is 81.7 Å². The minimum atomic E-state index is -3.60. The van der Waals surface area contributed by atoms with E-state index in [4.69, 9.17) is 9.47 Å². The third-order valence-electron chi connectivity index (χ3n) is 3.71. The Hall–Kier alpha value is -2.38. The maximum Gasteiger partial charge on any atom is 0.240 e. The molecule has 1 N–H and O–H groups in total. The maximum absolute atomic E-state index is 12.3. The molecule has 1 aliphatic heterocycles. The Morgan fingerprint density at radius 1 is 1.08 bits per heavy atom. The molecule has 3 rings (SSSR count). The van der Waals surface area contributed by atoms with Crippen LogP contribution in [0.4, 0.5) is 0 Å². The van der Waals surface area contributed by atoms with Gasteiger partial charge in [0.2, 0.25) is 16.8 Å². The number of ether oxygens (including phenoxy) is 2. The van der Waals surface area contributed by atoms with E-state index < -0.39 is 10.0 Å². The fourth-order valence-corrected chi connectivity index (χ4v) is 3.41. The van der Waals surface area contributed by atoms with Crippen LogP contribution in [-0.2, 0) is 16.4 Å². The third-order valence-corrected chi connectivity index (χ3v) is 5.19. The highest BCUT2D eigenvalue weighted by atomic mass is 32.2. The molecule has 0 amide bonds. The number of benzene rings is 2. The molecule has 2 aromatic carbocycles. The summed E-state index contributed by atoms with van der Waals surface area (Å²) in [5, 5.41) is 0. The van der Waals surface area contributed by atoms with E-state index >= 15 is 0 Å². The standard InChI is InChI=1S/C17H17NO5S/c1-12(19)14-3-5-15(6-4-14)24(20,21)18-9-8-13-2-7-16-17(10-13)23-11-22-16/h2-7,10,18H,8-9,11H2,1H3. The van der Waals surface area contributed by atoms with E-state index in [0.717, 1.165) is 5.56 Å². The van der Waals surface area contributed by atoms with Crippen LogP contribution in [0, 0.1) is 0 Å². The fourth-order valence-electron chi connectivity index (χ4n) is 2.38. The van der Waals surface area contributed by atoms with Crippen LogP contribution >= 0.6 is 0 Å². The number of sulfonamides is 1. The Kier molecular flexibility index (Phi) is 4.55. The molecule has 24 heavy (non-hydrogen) atoms. The monoisotopic (exact) mass is 347 g/mol. The molecular weight excluding hydrogens is 330 g/mol. The molecular formula is C17H17NO5S. The van der Waals surface area contributed by atoms with Crippen molar-refractivity contribution >= 4 is 15.8 Å². The number of hydrogen-bond acceptors (Lipinski definition) is 5. The van der Waals surface area contributed by atoms with Gasteiger partial charge in [0, 0.05) is 12.1 Å². The zero-order chi connectivity index (χ0) is 17.2. The highest BCUT2D eigenvalue weighted by Gasteiger charge is 2.15. The van der Waals surface area contributed by atoms with Gasteiger partial charge in [-0.15, -0.1) is 0 Å². The number of ketones is 1. The van der Waals surface area contributed by atoms with Crippen LogP contribution in [0.1, 0.15) is 22.8 Å². The Bertz CT molecular complexity index is 859. The second-order valence-electron chi connectivity index (χ2n) is 5.42. The molecule has 0 aromatic heterocycles. The largest absolute Gasteiger partial charge is 0.454 e. The van der Waals surface area contributed by atoms with Crippen LogP contribution in [0.15, 0.2) is 47.4 Å². The van der Waals surface area contributed by atoms with Crippen LogP contribution < -0.4 is 14.2 Å². The van der Waals surface area contributed by atoms with Crippen molar-refractivity contribution in [2.75, 3.05) is 13.3 Å². The van der Waals surface area contributed by atoms with E-state index in [9.17, 15) is 13.2 Å². The van der Waals surface area contributed by atoms with Gasteiger partial charge in [-0.2, -0.15) is 0 Å². The van der Waals surface area contributed by atoms with Crippen LogP contribution in [0.3, 0.4) is 0 Å². The van der Waals surface area contributed by atoms with Crippen molar-refractivity contribution in [2.24, 2.45) is 0 Å². The van der Waals surface area contributed by atoms with Gasteiger partial charge in [-0.25, -0.2) is 13.1 Å². The van der Waals surface area contributed by atoms with Crippen molar-refractivity contribution < 1.29 is 22.7 Å². The van der Waals surface area contributed by atoms with Crippen LogP contribution in [0.25, 0.3) is 0 Å². The summed E-state index contributed by atoms with van der Waals surface area (Å²) in [6.45, 7) is 1.91. The van der Waals surface area contributed by atoms with Gasteiger partial charge in [0.05, 0.1) is 4.90 Å². The Morgan fingerprint density at radius 2 is 1.79 bits per heavy atom. The van der Waals surface area contributed by atoms with Crippen LogP contribution in [0.2, 0.25) is 0 Å². The lowest BCUT2D eigenvalue weighted by Crippen LogP contribution is -2.26. The first kappa shape index (κ1) is 16.5. The second-order valence-corrected chi connectivity index (χ2v) is 7.18. The van der Waals surface area contributed by atoms with E-state index in [1.807, 2.05) is 18.2 Å². The Balaban J connectivity index is 1.61. The quantitative estimate of drug-likeness (QED) is 0.810. The summed E-state index contributed by atoms with van der Waals surface area (Å²) in [5.41, 5.74) is 1.43. The lowest BCUT2D eigenvalue weighted by atomic mass is 10.1. The summed E-state index contributed by atoms with van der Waals surface area (Å²) in [6.07, 6.45) is 0.529. The van der Waals surface area contributed by atoms with E-state index in [1.165, 1.54) is 31.2 Å². The van der Waals surface area contributed by atoms with E-state index in [1.54, 1.807) is 0 Å². The van der Waals surface area contributed by atoms with Gasteiger partial charge in [0.15, 0.2) is 17.3 Å². The molecule has 6 nitrogen and oxygen atoms in total. The van der Waals surface area contributed by atoms with Gasteiger partial charge in [-0.3, -0.25) is 4.79 Å². The summed E-state index contributed by atoms with van der Waals surface area (Å²) in [6, 6.07) is 11.4. The van der Waals surface area contributed by atoms with Gasteiger partial charge in [0.25, 0.3) is 0 Å². The zero-order valence-electron chi connectivity index (χ0n) is 13.1. The number of fused-ring (bicyclic) bond motifs is 1. The summed E-state index contributed by atoms with van der Waals surface area (Å²) in [7, 11) is -3.60. The summed E-state index contributed by atoms with van der Waals surface area (Å²) >= 11 is 0. The molecule has 126 valence electrons. The minimum absolute atomic E-state index is 0.102. The first-order chi connectivity index (χ1) is 11.5. The summed E-state index contributed by atoms with van der Waals surface area (Å²) < 4.78 is 37.6. The number of hydrogen-bond donors (Lipinski definition) is 1. The van der Waals surface area contributed by atoms with Gasteiger partial charge in [-0.05, 0) is 43.2 Å². The Morgan fingerprint density at radius 3 is 2.50 bits per heavy atom. The zero-order valence-corrected chi connectivity index (χ0v) is 13.9. The molecule has 7 heteroatoms. The predicted molar refractivity (Wildman–Crippen MR) is 87.9 cm³/mol. The molecule has 0 saturated heterocycles. The third kappa shape index (κ3) is 3.58. The normalized spacial score (nSPS) is 13.0. The average molecular weight is 347 g/mol. The van der Waals surface area contributed by atoms with Crippen molar-refractivity contribution in [1.82, 2.24) is 4.72 Å². The highest BCUT2D eigenvalue weighted by molar-refractivity contribution is 7.89. The molecule has 0 spiro atoms. The highest BCUT2D eigenvalue weighted by Crippen LogP contribution is 2.32. The maximum atomic E-state index is 12.3. The first-order valence-electron chi connectivity index (χ1n) is 7.45. The summed E-state index contributed by atoms with van der Waals surface area (Å²) in [5.74, 6) is 1.27. The molecule has 2 aromatic rings. The van der Waals surface area contributed by atoms with Gasteiger partial charge in [-0.1, -0.05) is 18.2 Å². The van der Waals surface area contributed by atoms with Crippen molar-refractivity contribution in [3.8, 4) is 11.5 Å². The number of nitrogens with one attached hydrogen (secondary N) is 1. The lowest BCUT2D eigenvalue weighted by molar-refractivity contribution is 0.101. The summed E-state index contributed by atoms with van der Waals surface area (Å²) in [4.78, 5) is 11.4.